The molecule has 1 amide bonds. The van der Waals surface area contributed by atoms with Gasteiger partial charge in [-0.2, -0.15) is 0 Å². The molecular weight excluding hydrogens is 414 g/mol. The number of amides is 1. The van der Waals surface area contributed by atoms with Gasteiger partial charge in [0.05, 0.1) is 0 Å². The number of aromatic nitrogens is 2. The Bertz CT molecular complexity index is 1170. The van der Waals surface area contributed by atoms with Crippen molar-refractivity contribution in [1.29, 1.82) is 0 Å². The van der Waals surface area contributed by atoms with Crippen molar-refractivity contribution in [2.75, 3.05) is 30.8 Å². The number of hydrogen-bond acceptors (Lipinski definition) is 5. The molecule has 1 saturated heterocycles. The molecule has 0 spiro atoms. The summed E-state index contributed by atoms with van der Waals surface area (Å²) in [6.45, 7) is 1.30. The Balaban J connectivity index is 1.40. The normalized spacial score (nSPS) is 16.0. The van der Waals surface area contributed by atoms with Gasteiger partial charge in [0.1, 0.15) is 11.5 Å². The zero-order valence-electron chi connectivity index (χ0n) is 18.8. The van der Waals surface area contributed by atoms with E-state index in [1.807, 2.05) is 66.6 Å². The lowest BCUT2D eigenvalue weighted by Gasteiger charge is -2.33. The maximum atomic E-state index is 12.7. The van der Waals surface area contributed by atoms with Crippen molar-refractivity contribution in [2.45, 2.75) is 25.3 Å². The van der Waals surface area contributed by atoms with E-state index in [0.29, 0.717) is 12.2 Å². The second-order valence-corrected chi connectivity index (χ2v) is 8.17. The molecule has 7 nitrogen and oxygen atoms in total. The third-order valence-corrected chi connectivity index (χ3v) is 5.80. The summed E-state index contributed by atoms with van der Waals surface area (Å²) >= 11 is 0. The highest BCUT2D eigenvalue weighted by molar-refractivity contribution is 5.87. The van der Waals surface area contributed by atoms with E-state index in [1.165, 1.54) is 5.56 Å². The van der Waals surface area contributed by atoms with Crippen molar-refractivity contribution < 1.29 is 4.79 Å². The van der Waals surface area contributed by atoms with E-state index in [-0.39, 0.29) is 17.5 Å². The topological polar surface area (TPSA) is 90.1 Å². The third-order valence-electron chi connectivity index (χ3n) is 5.80. The largest absolute Gasteiger partial charge is 0.376 e. The van der Waals surface area contributed by atoms with Crippen molar-refractivity contribution in [2.24, 2.45) is 0 Å². The summed E-state index contributed by atoms with van der Waals surface area (Å²) in [6, 6.07) is 15.8. The quantitative estimate of drug-likeness (QED) is 0.485. The standard InChI is InChI=1S/C26H29N5O2/c1-27-24-16-20(12-13-28-24)21-15-23(26(33)29-17-21)30-22-10-6-14-31(18-22)25(32)11-5-9-19-7-3-2-4-8-19/h2-5,7-8,11-13,15-17,22,30H,6,9-10,14,18H2,1H3,(H,27,28)(H,29,33)/t22-/m1/s1. The Kier molecular flexibility index (Phi) is 7.19. The predicted octanol–water partition coefficient (Wildman–Crippen LogP) is 3.68. The molecule has 0 saturated carbocycles. The first-order valence-corrected chi connectivity index (χ1v) is 11.2. The number of rotatable bonds is 7. The van der Waals surface area contributed by atoms with Crippen LogP contribution in [0.3, 0.4) is 0 Å². The molecule has 3 aromatic rings. The van der Waals surface area contributed by atoms with Crippen molar-refractivity contribution in [3.05, 3.63) is 89.0 Å². The van der Waals surface area contributed by atoms with Crippen LogP contribution in [0.1, 0.15) is 18.4 Å². The number of anilines is 2. The molecule has 7 heteroatoms. The summed E-state index contributed by atoms with van der Waals surface area (Å²) in [5.41, 5.74) is 3.36. The molecule has 0 radical (unpaired) electrons. The highest BCUT2D eigenvalue weighted by Crippen LogP contribution is 2.23. The van der Waals surface area contributed by atoms with Gasteiger partial charge in [0.15, 0.2) is 0 Å². The molecule has 1 atom stereocenters. The van der Waals surface area contributed by atoms with Crippen molar-refractivity contribution in [3.63, 3.8) is 0 Å². The minimum Gasteiger partial charge on any atom is -0.376 e. The van der Waals surface area contributed by atoms with E-state index in [0.717, 1.165) is 42.8 Å². The van der Waals surface area contributed by atoms with Crippen LogP contribution >= 0.6 is 0 Å². The number of carbonyl (C=O) groups excluding carboxylic acids is 1. The molecule has 0 unspecified atom stereocenters. The fourth-order valence-electron chi connectivity index (χ4n) is 4.03. The maximum Gasteiger partial charge on any atom is 0.271 e. The minimum atomic E-state index is -0.173. The number of hydrogen-bond donors (Lipinski definition) is 3. The van der Waals surface area contributed by atoms with Crippen molar-refractivity contribution in [1.82, 2.24) is 14.9 Å². The first-order chi connectivity index (χ1) is 16.1. The number of nitrogens with zero attached hydrogens (tertiary/aromatic N) is 2. The fourth-order valence-corrected chi connectivity index (χ4v) is 4.03. The van der Waals surface area contributed by atoms with Crippen LogP contribution in [-0.2, 0) is 11.2 Å². The summed E-state index contributed by atoms with van der Waals surface area (Å²) < 4.78 is 0. The molecule has 3 N–H and O–H groups in total. The molecule has 1 aliphatic rings. The Labute approximate surface area is 193 Å². The van der Waals surface area contributed by atoms with Crippen LogP contribution in [0.25, 0.3) is 11.1 Å². The Morgan fingerprint density at radius 3 is 2.88 bits per heavy atom. The maximum absolute atomic E-state index is 12.7. The average molecular weight is 444 g/mol. The molecule has 170 valence electrons. The lowest BCUT2D eigenvalue weighted by Crippen LogP contribution is -2.45. The van der Waals surface area contributed by atoms with E-state index in [4.69, 9.17) is 0 Å². The molecule has 1 aliphatic heterocycles. The zero-order valence-corrected chi connectivity index (χ0v) is 18.8. The number of nitrogens with one attached hydrogen (secondary N) is 3. The first-order valence-electron chi connectivity index (χ1n) is 11.2. The van der Waals surface area contributed by atoms with Crippen LogP contribution in [0.5, 0.6) is 0 Å². The van der Waals surface area contributed by atoms with E-state index >= 15 is 0 Å². The number of likely N-dealkylation sites (tertiary alicyclic amines) is 1. The van der Waals surface area contributed by atoms with Crippen molar-refractivity contribution >= 4 is 17.4 Å². The lowest BCUT2D eigenvalue weighted by molar-refractivity contribution is -0.127. The van der Waals surface area contributed by atoms with Gasteiger partial charge in [-0.15, -0.1) is 0 Å². The monoisotopic (exact) mass is 443 g/mol. The van der Waals surface area contributed by atoms with E-state index in [1.54, 1.807) is 18.5 Å². The highest BCUT2D eigenvalue weighted by Gasteiger charge is 2.23. The van der Waals surface area contributed by atoms with Gasteiger partial charge in [-0.05, 0) is 54.7 Å². The van der Waals surface area contributed by atoms with Crippen LogP contribution in [0, 0.1) is 0 Å². The average Bonchev–Trinajstić information content (AvgIpc) is 2.86. The van der Waals surface area contributed by atoms with Crippen LogP contribution in [0.15, 0.2) is 77.9 Å². The molecule has 33 heavy (non-hydrogen) atoms. The smallest absolute Gasteiger partial charge is 0.271 e. The summed E-state index contributed by atoms with van der Waals surface area (Å²) in [7, 11) is 1.82. The van der Waals surface area contributed by atoms with Gasteiger partial charge in [0.2, 0.25) is 5.91 Å². The molecular formula is C26H29N5O2. The zero-order chi connectivity index (χ0) is 23.0. The van der Waals surface area contributed by atoms with Gasteiger partial charge >= 0.3 is 0 Å². The number of aromatic amines is 1. The van der Waals surface area contributed by atoms with Crippen LogP contribution in [0.2, 0.25) is 0 Å². The van der Waals surface area contributed by atoms with Crippen LogP contribution in [0.4, 0.5) is 11.5 Å². The SMILES string of the molecule is CNc1cc(-c2c[nH]c(=O)c(N[C@@H]3CCCN(C(=O)C=CCc4ccccc4)C3)c2)ccn1. The van der Waals surface area contributed by atoms with E-state index < -0.39 is 0 Å². The molecule has 1 aromatic carbocycles. The highest BCUT2D eigenvalue weighted by atomic mass is 16.2. The van der Waals surface area contributed by atoms with E-state index in [9.17, 15) is 9.59 Å². The second-order valence-electron chi connectivity index (χ2n) is 8.17. The second kappa shape index (κ2) is 10.6. The Morgan fingerprint density at radius 1 is 1.21 bits per heavy atom. The molecule has 4 rings (SSSR count). The van der Waals surface area contributed by atoms with Crippen LogP contribution < -0.4 is 16.2 Å². The summed E-state index contributed by atoms with van der Waals surface area (Å²) in [5.74, 6) is 0.770. The molecule has 2 aromatic heterocycles. The minimum absolute atomic E-state index is 0.0106. The van der Waals surface area contributed by atoms with Gasteiger partial charge in [-0.3, -0.25) is 9.59 Å². The van der Waals surface area contributed by atoms with Gasteiger partial charge in [0, 0.05) is 44.1 Å². The number of piperidine rings is 1. The van der Waals surface area contributed by atoms with Gasteiger partial charge < -0.3 is 20.5 Å². The number of allylic oxidation sites excluding steroid dienone is 1. The summed E-state index contributed by atoms with van der Waals surface area (Å²) in [5, 5.41) is 6.39. The molecule has 3 heterocycles. The molecule has 1 fully saturated rings. The Morgan fingerprint density at radius 2 is 2.06 bits per heavy atom. The number of carbonyl (C=O) groups is 1. The van der Waals surface area contributed by atoms with Crippen molar-refractivity contribution in [3.8, 4) is 11.1 Å². The summed E-state index contributed by atoms with van der Waals surface area (Å²) in [6.07, 6.45) is 9.53. The molecule has 0 aliphatic carbocycles. The number of pyridine rings is 2. The van der Waals surface area contributed by atoms with E-state index in [2.05, 4.69) is 20.6 Å². The predicted molar refractivity (Wildman–Crippen MR) is 132 cm³/mol. The number of H-pyrrole nitrogens is 1. The number of benzene rings is 1. The van der Waals surface area contributed by atoms with Crippen LogP contribution in [-0.4, -0.2) is 47.0 Å². The Hall–Kier alpha value is -3.87. The lowest BCUT2D eigenvalue weighted by atomic mass is 10.0. The van der Waals surface area contributed by atoms with Gasteiger partial charge in [-0.25, -0.2) is 4.98 Å². The fraction of sp³-hybridized carbons (Fsp3) is 0.269. The third kappa shape index (κ3) is 5.88. The summed E-state index contributed by atoms with van der Waals surface area (Å²) in [4.78, 5) is 34.1. The van der Waals surface area contributed by atoms with Gasteiger partial charge in [-0.1, -0.05) is 36.4 Å². The molecule has 0 bridgehead atoms. The first kappa shape index (κ1) is 22.3. The van der Waals surface area contributed by atoms with Gasteiger partial charge in [0.25, 0.3) is 5.56 Å².